The van der Waals surface area contributed by atoms with E-state index in [1.165, 1.54) is 17.3 Å². The van der Waals surface area contributed by atoms with E-state index in [-0.39, 0.29) is 16.3 Å². The Bertz CT molecular complexity index is 786. The van der Waals surface area contributed by atoms with Crippen molar-refractivity contribution in [2.24, 2.45) is 0 Å². The Balaban J connectivity index is 1.54. The number of aromatic nitrogens is 2. The van der Waals surface area contributed by atoms with E-state index >= 15 is 0 Å². The van der Waals surface area contributed by atoms with E-state index in [1.54, 1.807) is 9.80 Å². The molecule has 1 aromatic carbocycles. The zero-order valence-electron chi connectivity index (χ0n) is 14.9. The molecule has 1 aliphatic rings. The van der Waals surface area contributed by atoms with Crippen LogP contribution in [0, 0.1) is 6.92 Å². The molecule has 1 aliphatic heterocycles. The van der Waals surface area contributed by atoms with Crippen LogP contribution in [0.3, 0.4) is 0 Å². The van der Waals surface area contributed by atoms with Crippen LogP contribution in [0.25, 0.3) is 0 Å². The number of piperazine rings is 1. The molecule has 1 unspecified atom stereocenters. The number of anilines is 1. The fourth-order valence-corrected chi connectivity index (χ4v) is 4.42. The molecule has 2 aromatic rings. The average Bonchev–Trinajstić information content (AvgIpc) is 3.14. The van der Waals surface area contributed by atoms with Gasteiger partial charge in [-0.2, -0.15) is 13.2 Å². The van der Waals surface area contributed by atoms with Crippen molar-refractivity contribution in [3.8, 4) is 0 Å². The quantitative estimate of drug-likeness (QED) is 0.712. The summed E-state index contributed by atoms with van der Waals surface area (Å²) in [4.78, 5) is 17.2. The topological polar surface area (TPSA) is 49.3 Å². The van der Waals surface area contributed by atoms with Crippen molar-refractivity contribution in [3.63, 3.8) is 0 Å². The van der Waals surface area contributed by atoms with Gasteiger partial charge in [-0.05, 0) is 26.0 Å². The molecule has 0 spiro atoms. The normalized spacial score (nSPS) is 16.5. The van der Waals surface area contributed by atoms with Gasteiger partial charge in [0.2, 0.25) is 16.0 Å². The molecular weight excluding hydrogens is 397 g/mol. The highest BCUT2D eigenvalue weighted by atomic mass is 32.2. The number of rotatable bonds is 4. The van der Waals surface area contributed by atoms with Crippen molar-refractivity contribution < 1.29 is 18.0 Å². The maximum absolute atomic E-state index is 12.7. The number of alkyl halides is 3. The SMILES string of the molecule is Cc1ccc(SC(C)C(=O)N2CCN(c3nnc(C(F)(F)F)s3)CC2)cc1. The van der Waals surface area contributed by atoms with E-state index < -0.39 is 11.2 Å². The fraction of sp³-hybridized carbons (Fsp3) is 0.471. The van der Waals surface area contributed by atoms with Crippen LogP contribution < -0.4 is 4.90 Å². The molecule has 27 heavy (non-hydrogen) atoms. The van der Waals surface area contributed by atoms with Gasteiger partial charge in [0.15, 0.2) is 0 Å². The fourth-order valence-electron chi connectivity index (χ4n) is 2.70. The van der Waals surface area contributed by atoms with E-state index in [4.69, 9.17) is 0 Å². The van der Waals surface area contributed by atoms with Crippen molar-refractivity contribution >= 4 is 34.1 Å². The summed E-state index contributed by atoms with van der Waals surface area (Å²) in [5, 5.41) is 5.93. The van der Waals surface area contributed by atoms with Crippen LogP contribution in [0.1, 0.15) is 17.5 Å². The number of nitrogens with zero attached hydrogens (tertiary/aromatic N) is 4. The second-order valence-corrected chi connectivity index (χ2v) is 8.64. The molecule has 146 valence electrons. The number of hydrogen-bond donors (Lipinski definition) is 0. The number of thioether (sulfide) groups is 1. The number of aryl methyl sites for hydroxylation is 1. The van der Waals surface area contributed by atoms with Gasteiger partial charge < -0.3 is 9.80 Å². The summed E-state index contributed by atoms with van der Waals surface area (Å²) < 4.78 is 38.0. The monoisotopic (exact) mass is 416 g/mol. The van der Waals surface area contributed by atoms with Crippen molar-refractivity contribution in [2.75, 3.05) is 31.1 Å². The molecular formula is C17H19F3N4OS2. The first-order valence-corrected chi connectivity index (χ1v) is 10.1. The van der Waals surface area contributed by atoms with Gasteiger partial charge in [-0.25, -0.2) is 0 Å². The third-order valence-corrected chi connectivity index (χ3v) is 6.33. The highest BCUT2D eigenvalue weighted by molar-refractivity contribution is 8.00. The Hall–Kier alpha value is -1.81. The van der Waals surface area contributed by atoms with E-state index in [1.807, 2.05) is 38.1 Å². The number of amides is 1. The van der Waals surface area contributed by atoms with Gasteiger partial charge in [-0.1, -0.05) is 29.0 Å². The molecule has 10 heteroatoms. The van der Waals surface area contributed by atoms with Crippen LogP contribution >= 0.6 is 23.1 Å². The maximum atomic E-state index is 12.7. The molecule has 1 amide bonds. The van der Waals surface area contributed by atoms with Gasteiger partial charge >= 0.3 is 6.18 Å². The Morgan fingerprint density at radius 3 is 2.33 bits per heavy atom. The molecule has 1 saturated heterocycles. The number of carbonyl (C=O) groups is 1. The van der Waals surface area contributed by atoms with Crippen molar-refractivity contribution in [2.45, 2.75) is 30.2 Å². The summed E-state index contributed by atoms with van der Waals surface area (Å²) in [6.07, 6.45) is -4.48. The highest BCUT2D eigenvalue weighted by Crippen LogP contribution is 2.34. The summed E-state index contributed by atoms with van der Waals surface area (Å²) >= 11 is 2.04. The molecule has 0 radical (unpaired) electrons. The lowest BCUT2D eigenvalue weighted by Gasteiger charge is -2.35. The Morgan fingerprint density at radius 2 is 1.78 bits per heavy atom. The van der Waals surface area contributed by atoms with Gasteiger partial charge in [0, 0.05) is 31.1 Å². The molecule has 2 heterocycles. The van der Waals surface area contributed by atoms with Gasteiger partial charge in [-0.3, -0.25) is 4.79 Å². The summed E-state index contributed by atoms with van der Waals surface area (Å²) in [6.45, 7) is 5.69. The van der Waals surface area contributed by atoms with Crippen molar-refractivity contribution in [1.82, 2.24) is 15.1 Å². The van der Waals surface area contributed by atoms with Crippen LogP contribution in [0.2, 0.25) is 0 Å². The molecule has 3 rings (SSSR count). The Labute approximate surface area is 163 Å². The lowest BCUT2D eigenvalue weighted by atomic mass is 10.2. The van der Waals surface area contributed by atoms with E-state index in [9.17, 15) is 18.0 Å². The molecule has 0 aliphatic carbocycles. The summed E-state index contributed by atoms with van der Waals surface area (Å²) in [6, 6.07) is 8.01. The van der Waals surface area contributed by atoms with Gasteiger partial charge in [-0.15, -0.1) is 22.0 Å². The van der Waals surface area contributed by atoms with E-state index in [0.717, 1.165) is 4.90 Å². The first kappa shape index (κ1) is 19.9. The average molecular weight is 416 g/mol. The number of hydrogen-bond acceptors (Lipinski definition) is 6. The molecule has 0 N–H and O–H groups in total. The molecule has 0 bridgehead atoms. The first-order chi connectivity index (χ1) is 12.7. The largest absolute Gasteiger partial charge is 0.445 e. The molecule has 1 aromatic heterocycles. The third kappa shape index (κ3) is 4.92. The molecule has 1 fully saturated rings. The Kier molecular flexibility index (Phi) is 5.95. The van der Waals surface area contributed by atoms with Gasteiger partial charge in [0.1, 0.15) is 0 Å². The third-order valence-electron chi connectivity index (χ3n) is 4.20. The zero-order valence-corrected chi connectivity index (χ0v) is 16.5. The van der Waals surface area contributed by atoms with Crippen LogP contribution in [-0.4, -0.2) is 52.4 Å². The number of carbonyl (C=O) groups excluding carboxylic acids is 1. The van der Waals surface area contributed by atoms with E-state index in [0.29, 0.717) is 37.5 Å². The van der Waals surface area contributed by atoms with Gasteiger partial charge in [0.05, 0.1) is 5.25 Å². The van der Waals surface area contributed by atoms with Crippen LogP contribution in [0.4, 0.5) is 18.3 Å². The minimum atomic E-state index is -4.48. The standard InChI is InChI=1S/C17H19F3N4OS2/c1-11-3-5-13(6-4-11)26-12(2)14(25)23-7-9-24(10-8-23)16-22-21-15(27-16)17(18,19)20/h3-6,12H,7-10H2,1-2H3. The smallest absolute Gasteiger partial charge is 0.343 e. The predicted molar refractivity (Wildman–Crippen MR) is 100 cm³/mol. The lowest BCUT2D eigenvalue weighted by Crippen LogP contribution is -2.50. The number of halogens is 3. The maximum Gasteiger partial charge on any atom is 0.445 e. The van der Waals surface area contributed by atoms with Crippen molar-refractivity contribution in [1.29, 1.82) is 0 Å². The summed E-state index contributed by atoms with van der Waals surface area (Å²) in [7, 11) is 0. The minimum absolute atomic E-state index is 0.0356. The van der Waals surface area contributed by atoms with Crippen LogP contribution in [0.15, 0.2) is 29.2 Å². The minimum Gasteiger partial charge on any atom is -0.343 e. The molecule has 0 saturated carbocycles. The second kappa shape index (κ2) is 8.05. The van der Waals surface area contributed by atoms with E-state index in [2.05, 4.69) is 10.2 Å². The number of benzene rings is 1. The highest BCUT2D eigenvalue weighted by Gasteiger charge is 2.36. The lowest BCUT2D eigenvalue weighted by molar-refractivity contribution is -0.138. The van der Waals surface area contributed by atoms with Crippen LogP contribution in [0.5, 0.6) is 0 Å². The first-order valence-electron chi connectivity index (χ1n) is 8.42. The Morgan fingerprint density at radius 1 is 1.15 bits per heavy atom. The van der Waals surface area contributed by atoms with Crippen molar-refractivity contribution in [3.05, 3.63) is 34.8 Å². The molecule has 1 atom stereocenters. The zero-order chi connectivity index (χ0) is 19.6. The van der Waals surface area contributed by atoms with Gasteiger partial charge in [0.25, 0.3) is 0 Å². The predicted octanol–water partition coefficient (Wildman–Crippen LogP) is 3.69. The summed E-state index contributed by atoms with van der Waals surface area (Å²) in [5.74, 6) is 0.0356. The second-order valence-electron chi connectivity index (χ2n) is 6.27. The summed E-state index contributed by atoms with van der Waals surface area (Å²) in [5.41, 5.74) is 1.17. The molecule has 5 nitrogen and oxygen atoms in total. The van der Waals surface area contributed by atoms with Crippen LogP contribution in [-0.2, 0) is 11.0 Å².